The first-order valence-corrected chi connectivity index (χ1v) is 12.0. The molecule has 34 heavy (non-hydrogen) atoms. The SMILES string of the molecule is CCCOc1ccccc1C1CC(=O)NC2=C1C(=O)CC(c1ccc(OC(C)C)c(OC)c1)C2. The molecule has 2 unspecified atom stereocenters. The Hall–Kier alpha value is -3.28. The number of hydrogen-bond acceptors (Lipinski definition) is 5. The molecule has 0 bridgehead atoms. The van der Waals surface area contributed by atoms with Gasteiger partial charge in [-0.25, -0.2) is 0 Å². The number of benzene rings is 2. The summed E-state index contributed by atoms with van der Waals surface area (Å²) in [6.45, 7) is 6.58. The molecule has 0 radical (unpaired) electrons. The first-order valence-electron chi connectivity index (χ1n) is 12.0. The molecule has 1 amide bonds. The molecule has 6 nitrogen and oxygen atoms in total. The molecule has 2 aromatic rings. The van der Waals surface area contributed by atoms with Crippen molar-refractivity contribution in [1.82, 2.24) is 5.32 Å². The van der Waals surface area contributed by atoms with Crippen LogP contribution in [0.25, 0.3) is 0 Å². The van der Waals surface area contributed by atoms with Gasteiger partial charge in [-0.2, -0.15) is 0 Å². The molecule has 1 N–H and O–H groups in total. The van der Waals surface area contributed by atoms with E-state index in [-0.39, 0.29) is 36.1 Å². The van der Waals surface area contributed by atoms with Crippen LogP contribution in [0.15, 0.2) is 53.7 Å². The van der Waals surface area contributed by atoms with Gasteiger partial charge in [0.15, 0.2) is 17.3 Å². The zero-order valence-electron chi connectivity index (χ0n) is 20.4. The van der Waals surface area contributed by atoms with Crippen LogP contribution in [-0.4, -0.2) is 31.5 Å². The van der Waals surface area contributed by atoms with E-state index in [1.54, 1.807) is 7.11 Å². The normalized spacial score (nSPS) is 20.1. The van der Waals surface area contributed by atoms with Crippen LogP contribution in [0.5, 0.6) is 17.2 Å². The van der Waals surface area contributed by atoms with E-state index >= 15 is 0 Å². The zero-order chi connectivity index (χ0) is 24.2. The third kappa shape index (κ3) is 4.96. The molecule has 2 aromatic carbocycles. The molecule has 0 saturated carbocycles. The third-order valence-electron chi connectivity index (χ3n) is 6.31. The van der Waals surface area contributed by atoms with E-state index in [2.05, 4.69) is 12.2 Å². The Morgan fingerprint density at radius 1 is 1.00 bits per heavy atom. The van der Waals surface area contributed by atoms with Crippen molar-refractivity contribution in [2.45, 2.75) is 64.4 Å². The van der Waals surface area contributed by atoms with Gasteiger partial charge in [0, 0.05) is 35.6 Å². The van der Waals surface area contributed by atoms with Gasteiger partial charge in [0.2, 0.25) is 5.91 Å². The van der Waals surface area contributed by atoms with Crippen LogP contribution in [-0.2, 0) is 9.59 Å². The lowest BCUT2D eigenvalue weighted by atomic mass is 9.73. The maximum absolute atomic E-state index is 13.5. The lowest BCUT2D eigenvalue weighted by Gasteiger charge is -2.35. The summed E-state index contributed by atoms with van der Waals surface area (Å²) in [5.74, 6) is 1.74. The molecule has 4 rings (SSSR count). The maximum Gasteiger partial charge on any atom is 0.225 e. The van der Waals surface area contributed by atoms with Gasteiger partial charge in [0.1, 0.15) is 5.75 Å². The monoisotopic (exact) mass is 463 g/mol. The van der Waals surface area contributed by atoms with Crippen LogP contribution in [0, 0.1) is 0 Å². The molecule has 0 aromatic heterocycles. The maximum atomic E-state index is 13.5. The van der Waals surface area contributed by atoms with Crippen molar-refractivity contribution in [3.63, 3.8) is 0 Å². The fourth-order valence-corrected chi connectivity index (χ4v) is 4.86. The number of ketones is 1. The average molecular weight is 464 g/mol. The molecule has 180 valence electrons. The van der Waals surface area contributed by atoms with Crippen LogP contribution in [0.2, 0.25) is 0 Å². The fourth-order valence-electron chi connectivity index (χ4n) is 4.86. The Bertz CT molecular complexity index is 1100. The second-order valence-corrected chi connectivity index (χ2v) is 9.19. The number of rotatable bonds is 8. The Kier molecular flexibility index (Phi) is 7.25. The van der Waals surface area contributed by atoms with E-state index in [9.17, 15) is 9.59 Å². The topological polar surface area (TPSA) is 73.9 Å². The zero-order valence-corrected chi connectivity index (χ0v) is 20.4. The smallest absolute Gasteiger partial charge is 0.225 e. The van der Waals surface area contributed by atoms with Crippen LogP contribution < -0.4 is 19.5 Å². The van der Waals surface area contributed by atoms with Crippen molar-refractivity contribution < 1.29 is 23.8 Å². The lowest BCUT2D eigenvalue weighted by Crippen LogP contribution is -2.38. The first-order chi connectivity index (χ1) is 16.4. The van der Waals surface area contributed by atoms with Crippen molar-refractivity contribution in [2.24, 2.45) is 0 Å². The van der Waals surface area contributed by atoms with E-state index in [0.717, 1.165) is 34.6 Å². The van der Waals surface area contributed by atoms with E-state index in [1.165, 1.54) is 0 Å². The van der Waals surface area contributed by atoms with Gasteiger partial charge in [0.25, 0.3) is 0 Å². The molecule has 0 spiro atoms. The summed E-state index contributed by atoms with van der Waals surface area (Å²) in [6.07, 6.45) is 2.14. The summed E-state index contributed by atoms with van der Waals surface area (Å²) < 4.78 is 17.3. The molecular weight excluding hydrogens is 430 g/mol. The highest BCUT2D eigenvalue weighted by molar-refractivity contribution is 6.02. The van der Waals surface area contributed by atoms with E-state index in [1.807, 2.05) is 56.3 Å². The third-order valence-corrected chi connectivity index (χ3v) is 6.31. The first kappa shape index (κ1) is 23.9. The van der Waals surface area contributed by atoms with Gasteiger partial charge >= 0.3 is 0 Å². The number of Topliss-reactive ketones (excluding diaryl/α,β-unsaturated/α-hetero) is 1. The molecule has 6 heteroatoms. The van der Waals surface area contributed by atoms with Crippen molar-refractivity contribution in [3.8, 4) is 17.2 Å². The summed E-state index contributed by atoms with van der Waals surface area (Å²) in [7, 11) is 1.61. The minimum atomic E-state index is -0.290. The second-order valence-electron chi connectivity index (χ2n) is 9.19. The van der Waals surface area contributed by atoms with Crippen molar-refractivity contribution in [2.75, 3.05) is 13.7 Å². The quantitative estimate of drug-likeness (QED) is 0.577. The van der Waals surface area contributed by atoms with Crippen LogP contribution >= 0.6 is 0 Å². The van der Waals surface area contributed by atoms with Gasteiger partial charge < -0.3 is 19.5 Å². The Morgan fingerprint density at radius 2 is 1.79 bits per heavy atom. The molecule has 2 atom stereocenters. The van der Waals surface area contributed by atoms with Gasteiger partial charge in [-0.15, -0.1) is 0 Å². The number of amides is 1. The predicted molar refractivity (Wildman–Crippen MR) is 130 cm³/mol. The summed E-state index contributed by atoms with van der Waals surface area (Å²) >= 11 is 0. The number of methoxy groups -OCH3 is 1. The number of ether oxygens (including phenoxy) is 3. The van der Waals surface area contributed by atoms with E-state index < -0.39 is 0 Å². The van der Waals surface area contributed by atoms with Gasteiger partial charge in [0.05, 0.1) is 19.8 Å². The Morgan fingerprint density at radius 3 is 2.53 bits per heavy atom. The molecule has 1 aliphatic carbocycles. The number of hydrogen-bond donors (Lipinski definition) is 1. The summed E-state index contributed by atoms with van der Waals surface area (Å²) in [5.41, 5.74) is 3.35. The Labute approximate surface area is 201 Å². The minimum absolute atomic E-state index is 0.0299. The molecule has 1 heterocycles. The van der Waals surface area contributed by atoms with Crippen molar-refractivity contribution in [3.05, 3.63) is 64.9 Å². The van der Waals surface area contributed by atoms with E-state index in [4.69, 9.17) is 14.2 Å². The van der Waals surface area contributed by atoms with Crippen LogP contribution in [0.1, 0.15) is 69.4 Å². The summed E-state index contributed by atoms with van der Waals surface area (Å²) in [4.78, 5) is 26.2. The summed E-state index contributed by atoms with van der Waals surface area (Å²) in [5, 5.41) is 3.00. The van der Waals surface area contributed by atoms with Crippen LogP contribution in [0.4, 0.5) is 0 Å². The number of nitrogens with one attached hydrogen (secondary N) is 1. The minimum Gasteiger partial charge on any atom is -0.493 e. The number of carbonyl (C=O) groups is 2. The van der Waals surface area contributed by atoms with Crippen molar-refractivity contribution >= 4 is 11.7 Å². The predicted octanol–water partition coefficient (Wildman–Crippen LogP) is 5.28. The molecule has 0 fully saturated rings. The average Bonchev–Trinajstić information content (AvgIpc) is 2.82. The Balaban J connectivity index is 1.66. The highest BCUT2D eigenvalue weighted by atomic mass is 16.5. The highest BCUT2D eigenvalue weighted by Crippen LogP contribution is 2.45. The highest BCUT2D eigenvalue weighted by Gasteiger charge is 2.39. The largest absolute Gasteiger partial charge is 0.493 e. The lowest BCUT2D eigenvalue weighted by molar-refractivity contribution is -0.122. The number of carbonyl (C=O) groups excluding carboxylic acids is 2. The van der Waals surface area contributed by atoms with Gasteiger partial charge in [-0.1, -0.05) is 31.2 Å². The number of allylic oxidation sites excluding steroid dienone is 2. The van der Waals surface area contributed by atoms with Gasteiger partial charge in [-0.05, 0) is 56.4 Å². The molecule has 0 saturated heterocycles. The standard InChI is InChI=1S/C28H33NO5/c1-5-12-33-24-9-7-6-8-20(24)21-16-27(31)29-22-13-19(14-23(30)28(21)22)18-10-11-25(34-17(2)3)26(15-18)32-4/h6-11,15,17,19,21H,5,12-14,16H2,1-4H3,(H,29,31). The molecule has 1 aliphatic heterocycles. The van der Waals surface area contributed by atoms with Crippen LogP contribution in [0.3, 0.4) is 0 Å². The fraction of sp³-hybridized carbons (Fsp3) is 0.429. The molecular formula is C28H33NO5. The second kappa shape index (κ2) is 10.3. The van der Waals surface area contributed by atoms with E-state index in [0.29, 0.717) is 30.9 Å². The van der Waals surface area contributed by atoms with Crippen molar-refractivity contribution in [1.29, 1.82) is 0 Å². The summed E-state index contributed by atoms with van der Waals surface area (Å²) in [6, 6.07) is 13.6. The number of para-hydroxylation sites is 1. The molecule has 2 aliphatic rings. The van der Waals surface area contributed by atoms with Gasteiger partial charge in [-0.3, -0.25) is 9.59 Å².